The summed E-state index contributed by atoms with van der Waals surface area (Å²) in [5, 5.41) is 3.37. The highest BCUT2D eigenvalue weighted by Crippen LogP contribution is 2.19. The van der Waals surface area contributed by atoms with Gasteiger partial charge in [-0.2, -0.15) is 0 Å². The molecule has 0 radical (unpaired) electrons. The van der Waals surface area contributed by atoms with Crippen LogP contribution < -0.4 is 5.32 Å². The van der Waals surface area contributed by atoms with Gasteiger partial charge in [0.05, 0.1) is 19.7 Å². The molecule has 0 spiro atoms. The van der Waals surface area contributed by atoms with Crippen LogP contribution in [0.5, 0.6) is 0 Å². The summed E-state index contributed by atoms with van der Waals surface area (Å²) in [7, 11) is 1.78. The Balaban J connectivity index is 1.77. The van der Waals surface area contributed by atoms with Gasteiger partial charge < -0.3 is 14.5 Å². The SMILES string of the molecule is COCC1CCN(Cc2ccc(CNC(C)C)o2)C1. The maximum Gasteiger partial charge on any atom is 0.118 e. The molecule has 0 bridgehead atoms. The van der Waals surface area contributed by atoms with Crippen LogP contribution >= 0.6 is 0 Å². The molecule has 0 aliphatic carbocycles. The van der Waals surface area contributed by atoms with Crippen molar-refractivity contribution in [1.82, 2.24) is 10.2 Å². The minimum atomic E-state index is 0.488. The van der Waals surface area contributed by atoms with E-state index in [9.17, 15) is 0 Å². The van der Waals surface area contributed by atoms with Crippen molar-refractivity contribution in [3.05, 3.63) is 23.7 Å². The lowest BCUT2D eigenvalue weighted by molar-refractivity contribution is 0.151. The molecule has 1 saturated heterocycles. The van der Waals surface area contributed by atoms with Crippen molar-refractivity contribution in [3.63, 3.8) is 0 Å². The molecule has 1 aliphatic heterocycles. The zero-order valence-corrected chi connectivity index (χ0v) is 12.3. The molecule has 0 aromatic carbocycles. The summed E-state index contributed by atoms with van der Waals surface area (Å²) in [6.07, 6.45) is 1.23. The molecule has 108 valence electrons. The fourth-order valence-corrected chi connectivity index (χ4v) is 2.56. The predicted molar refractivity (Wildman–Crippen MR) is 75.9 cm³/mol. The summed E-state index contributed by atoms with van der Waals surface area (Å²) in [4.78, 5) is 2.45. The first kappa shape index (κ1) is 14.6. The van der Waals surface area contributed by atoms with Crippen LogP contribution in [0.1, 0.15) is 31.8 Å². The summed E-state index contributed by atoms with van der Waals surface area (Å²) in [5.74, 6) is 2.78. The quantitative estimate of drug-likeness (QED) is 0.821. The van der Waals surface area contributed by atoms with Crippen LogP contribution in [0.25, 0.3) is 0 Å². The van der Waals surface area contributed by atoms with E-state index in [0.29, 0.717) is 12.0 Å². The summed E-state index contributed by atoms with van der Waals surface area (Å²) >= 11 is 0. The standard InChI is InChI=1S/C15H26N2O2/c1-12(2)16-8-14-4-5-15(19-14)10-17-7-6-13(9-17)11-18-3/h4-5,12-13,16H,6-11H2,1-3H3. The fourth-order valence-electron chi connectivity index (χ4n) is 2.56. The third kappa shape index (κ3) is 4.64. The van der Waals surface area contributed by atoms with Crippen LogP contribution in [0, 0.1) is 5.92 Å². The second-order valence-corrected chi connectivity index (χ2v) is 5.75. The number of hydrogen-bond acceptors (Lipinski definition) is 4. The van der Waals surface area contributed by atoms with Crippen molar-refractivity contribution in [3.8, 4) is 0 Å². The number of ether oxygens (including phenoxy) is 1. The van der Waals surface area contributed by atoms with Gasteiger partial charge in [-0.05, 0) is 31.0 Å². The average molecular weight is 266 g/mol. The summed E-state index contributed by atoms with van der Waals surface area (Å²) in [5.41, 5.74) is 0. The number of likely N-dealkylation sites (tertiary alicyclic amines) is 1. The Kier molecular flexibility index (Phi) is 5.43. The normalized spacial score (nSPS) is 20.5. The highest BCUT2D eigenvalue weighted by atomic mass is 16.5. The lowest BCUT2D eigenvalue weighted by Crippen LogP contribution is -2.22. The molecule has 1 aliphatic rings. The van der Waals surface area contributed by atoms with Gasteiger partial charge in [0.2, 0.25) is 0 Å². The van der Waals surface area contributed by atoms with Crippen molar-refractivity contribution in [2.45, 2.75) is 39.4 Å². The monoisotopic (exact) mass is 266 g/mol. The molecule has 0 amide bonds. The molecule has 4 nitrogen and oxygen atoms in total. The van der Waals surface area contributed by atoms with Crippen molar-refractivity contribution >= 4 is 0 Å². The van der Waals surface area contributed by atoms with Crippen LogP contribution in [0.2, 0.25) is 0 Å². The Bertz CT molecular complexity index is 376. The number of nitrogens with zero attached hydrogens (tertiary/aromatic N) is 1. The Morgan fingerprint density at radius 1 is 1.42 bits per heavy atom. The number of hydrogen-bond donors (Lipinski definition) is 1. The van der Waals surface area contributed by atoms with E-state index < -0.39 is 0 Å². The molecule has 1 unspecified atom stereocenters. The Hall–Kier alpha value is -0.840. The molecule has 1 N–H and O–H groups in total. The van der Waals surface area contributed by atoms with E-state index in [-0.39, 0.29) is 0 Å². The summed E-state index contributed by atoms with van der Waals surface area (Å²) in [6.45, 7) is 9.15. The third-order valence-corrected chi connectivity index (χ3v) is 3.55. The third-order valence-electron chi connectivity index (χ3n) is 3.55. The molecular weight excluding hydrogens is 240 g/mol. The van der Waals surface area contributed by atoms with Gasteiger partial charge in [0, 0.05) is 19.7 Å². The first-order valence-corrected chi connectivity index (χ1v) is 7.19. The smallest absolute Gasteiger partial charge is 0.118 e. The van der Waals surface area contributed by atoms with E-state index in [4.69, 9.17) is 9.15 Å². The number of methoxy groups -OCH3 is 1. The van der Waals surface area contributed by atoms with Crippen LogP contribution in [-0.2, 0) is 17.8 Å². The molecule has 0 saturated carbocycles. The van der Waals surface area contributed by atoms with Crippen LogP contribution in [0.15, 0.2) is 16.5 Å². The molecular formula is C15H26N2O2. The van der Waals surface area contributed by atoms with E-state index in [1.165, 1.54) is 6.42 Å². The maximum atomic E-state index is 5.86. The number of rotatable bonds is 7. The highest BCUT2D eigenvalue weighted by molar-refractivity contribution is 5.07. The zero-order chi connectivity index (χ0) is 13.7. The first-order valence-electron chi connectivity index (χ1n) is 7.19. The first-order chi connectivity index (χ1) is 9.17. The molecule has 19 heavy (non-hydrogen) atoms. The molecule has 1 aromatic rings. The fraction of sp³-hybridized carbons (Fsp3) is 0.733. The lowest BCUT2D eigenvalue weighted by atomic mass is 10.1. The highest BCUT2D eigenvalue weighted by Gasteiger charge is 2.22. The van der Waals surface area contributed by atoms with Crippen molar-refractivity contribution in [1.29, 1.82) is 0 Å². The number of nitrogens with one attached hydrogen (secondary N) is 1. The molecule has 1 fully saturated rings. The van der Waals surface area contributed by atoms with E-state index in [2.05, 4.69) is 36.2 Å². The zero-order valence-electron chi connectivity index (χ0n) is 12.3. The lowest BCUT2D eigenvalue weighted by Gasteiger charge is -2.14. The predicted octanol–water partition coefficient (Wildman–Crippen LogP) is 2.25. The summed E-state index contributed by atoms with van der Waals surface area (Å²) in [6, 6.07) is 4.66. The van der Waals surface area contributed by atoms with Gasteiger partial charge in [0.15, 0.2) is 0 Å². The van der Waals surface area contributed by atoms with E-state index in [1.807, 2.05) is 0 Å². The topological polar surface area (TPSA) is 37.6 Å². The minimum Gasteiger partial charge on any atom is -0.463 e. The Morgan fingerprint density at radius 2 is 2.21 bits per heavy atom. The summed E-state index contributed by atoms with van der Waals surface area (Å²) < 4.78 is 11.1. The molecule has 4 heteroatoms. The van der Waals surface area contributed by atoms with Gasteiger partial charge in [0.25, 0.3) is 0 Å². The second kappa shape index (κ2) is 7.08. The van der Waals surface area contributed by atoms with Gasteiger partial charge in [-0.3, -0.25) is 4.90 Å². The average Bonchev–Trinajstić information content (AvgIpc) is 2.98. The van der Waals surface area contributed by atoms with Gasteiger partial charge in [-0.25, -0.2) is 0 Å². The Labute approximate surface area is 116 Å². The largest absolute Gasteiger partial charge is 0.463 e. The van der Waals surface area contributed by atoms with Gasteiger partial charge >= 0.3 is 0 Å². The van der Waals surface area contributed by atoms with Gasteiger partial charge in [-0.15, -0.1) is 0 Å². The van der Waals surface area contributed by atoms with E-state index in [1.54, 1.807) is 7.11 Å². The van der Waals surface area contributed by atoms with Gasteiger partial charge in [-0.1, -0.05) is 13.8 Å². The van der Waals surface area contributed by atoms with E-state index in [0.717, 1.165) is 44.3 Å². The van der Waals surface area contributed by atoms with Gasteiger partial charge in [0.1, 0.15) is 11.5 Å². The maximum absolute atomic E-state index is 5.86. The van der Waals surface area contributed by atoms with Crippen LogP contribution in [0.3, 0.4) is 0 Å². The van der Waals surface area contributed by atoms with Crippen LogP contribution in [-0.4, -0.2) is 37.7 Å². The molecule has 1 atom stereocenters. The van der Waals surface area contributed by atoms with E-state index >= 15 is 0 Å². The second-order valence-electron chi connectivity index (χ2n) is 5.75. The minimum absolute atomic E-state index is 0.488. The van der Waals surface area contributed by atoms with Crippen molar-refractivity contribution in [2.24, 2.45) is 5.92 Å². The van der Waals surface area contributed by atoms with Crippen molar-refractivity contribution in [2.75, 3.05) is 26.8 Å². The molecule has 1 aromatic heterocycles. The van der Waals surface area contributed by atoms with Crippen LogP contribution in [0.4, 0.5) is 0 Å². The number of furan rings is 1. The van der Waals surface area contributed by atoms with Crippen molar-refractivity contribution < 1.29 is 9.15 Å². The molecule has 2 rings (SSSR count). The molecule has 2 heterocycles. The Morgan fingerprint density at radius 3 is 2.95 bits per heavy atom.